The van der Waals surface area contributed by atoms with E-state index in [0.29, 0.717) is 13.2 Å². The summed E-state index contributed by atoms with van der Waals surface area (Å²) in [5.74, 6) is 0.980. The van der Waals surface area contributed by atoms with Gasteiger partial charge in [0.25, 0.3) is 0 Å². The second-order valence-electron chi connectivity index (χ2n) is 8.42. The van der Waals surface area contributed by atoms with Gasteiger partial charge in [0.05, 0.1) is 6.54 Å². The third-order valence-corrected chi connectivity index (χ3v) is 6.12. The number of hydrogen-bond donors (Lipinski definition) is 1. The van der Waals surface area contributed by atoms with Crippen molar-refractivity contribution in [2.75, 3.05) is 69.2 Å². The molecule has 0 unspecified atom stereocenters. The van der Waals surface area contributed by atoms with Crippen LogP contribution in [0, 0.1) is 0 Å². The fraction of sp³-hybridized carbons (Fsp3) is 0.480. The summed E-state index contributed by atoms with van der Waals surface area (Å²) in [6.45, 7) is 8.08. The summed E-state index contributed by atoms with van der Waals surface area (Å²) in [6.07, 6.45) is 3.87. The summed E-state index contributed by atoms with van der Waals surface area (Å²) in [7, 11) is 0. The summed E-state index contributed by atoms with van der Waals surface area (Å²) in [5.41, 5.74) is 2.13. The molecule has 4 rings (SSSR count). The zero-order chi connectivity index (χ0) is 21.3. The van der Waals surface area contributed by atoms with E-state index in [4.69, 9.17) is 4.74 Å². The van der Waals surface area contributed by atoms with Crippen molar-refractivity contribution in [1.82, 2.24) is 9.80 Å². The molecular weight excluding hydrogens is 388 g/mol. The van der Waals surface area contributed by atoms with Gasteiger partial charge in [0.15, 0.2) is 0 Å². The van der Waals surface area contributed by atoms with Crippen LogP contribution in [0.25, 0.3) is 0 Å². The highest BCUT2D eigenvalue weighted by Crippen LogP contribution is 2.21. The molecule has 0 spiro atoms. The number of anilines is 2. The number of benzene rings is 2. The molecule has 0 radical (unpaired) electrons. The van der Waals surface area contributed by atoms with Crippen molar-refractivity contribution >= 4 is 17.3 Å². The molecule has 2 fully saturated rings. The van der Waals surface area contributed by atoms with Gasteiger partial charge in [-0.3, -0.25) is 14.6 Å². The van der Waals surface area contributed by atoms with E-state index in [9.17, 15) is 4.79 Å². The van der Waals surface area contributed by atoms with Gasteiger partial charge in [-0.1, -0.05) is 18.2 Å². The van der Waals surface area contributed by atoms with Crippen LogP contribution in [-0.2, 0) is 4.79 Å². The van der Waals surface area contributed by atoms with Crippen LogP contribution in [0.2, 0.25) is 0 Å². The fourth-order valence-corrected chi connectivity index (χ4v) is 4.29. The lowest BCUT2D eigenvalue weighted by molar-refractivity contribution is -0.117. The number of carbonyl (C=O) groups excluding carboxylic acids is 1. The Hall–Kier alpha value is -2.57. The number of nitrogens with one attached hydrogen (secondary N) is 1. The van der Waals surface area contributed by atoms with Gasteiger partial charge < -0.3 is 15.0 Å². The summed E-state index contributed by atoms with van der Waals surface area (Å²) in [5, 5.41) is 3.05. The second kappa shape index (κ2) is 11.2. The summed E-state index contributed by atoms with van der Waals surface area (Å²) in [6, 6.07) is 18.2. The highest BCUT2D eigenvalue weighted by Gasteiger charge is 2.19. The first-order valence-electron chi connectivity index (χ1n) is 11.5. The van der Waals surface area contributed by atoms with E-state index in [1.165, 1.54) is 24.9 Å². The molecule has 2 aliphatic rings. The molecule has 0 aliphatic carbocycles. The zero-order valence-corrected chi connectivity index (χ0v) is 18.3. The molecular formula is C25H34N4O2. The van der Waals surface area contributed by atoms with Gasteiger partial charge in [-0.15, -0.1) is 0 Å². The topological polar surface area (TPSA) is 48.1 Å². The summed E-state index contributed by atoms with van der Waals surface area (Å²) < 4.78 is 5.79. The molecule has 1 N–H and O–H groups in total. The van der Waals surface area contributed by atoms with Gasteiger partial charge in [-0.05, 0) is 55.7 Å². The average molecular weight is 423 g/mol. The molecule has 0 saturated carbocycles. The largest absolute Gasteiger partial charge is 0.492 e. The average Bonchev–Trinajstić information content (AvgIpc) is 2.82. The Morgan fingerprint density at radius 3 is 2.19 bits per heavy atom. The Kier molecular flexibility index (Phi) is 7.80. The van der Waals surface area contributed by atoms with Crippen molar-refractivity contribution in [1.29, 1.82) is 0 Å². The number of piperazine rings is 1. The van der Waals surface area contributed by atoms with Crippen molar-refractivity contribution in [3.63, 3.8) is 0 Å². The van der Waals surface area contributed by atoms with Crippen LogP contribution >= 0.6 is 0 Å². The third-order valence-electron chi connectivity index (χ3n) is 6.12. The third kappa shape index (κ3) is 6.71. The van der Waals surface area contributed by atoms with Crippen molar-refractivity contribution in [3.05, 3.63) is 54.6 Å². The molecule has 6 heteroatoms. The van der Waals surface area contributed by atoms with Crippen LogP contribution in [0.4, 0.5) is 11.4 Å². The van der Waals surface area contributed by atoms with Crippen LogP contribution in [-0.4, -0.2) is 74.7 Å². The Labute approximate surface area is 185 Å². The van der Waals surface area contributed by atoms with Crippen molar-refractivity contribution in [2.45, 2.75) is 19.3 Å². The van der Waals surface area contributed by atoms with Gasteiger partial charge in [0.1, 0.15) is 12.4 Å². The highest BCUT2D eigenvalue weighted by molar-refractivity contribution is 5.92. The molecule has 166 valence electrons. The van der Waals surface area contributed by atoms with E-state index in [-0.39, 0.29) is 5.91 Å². The highest BCUT2D eigenvalue weighted by atomic mass is 16.5. The molecule has 31 heavy (non-hydrogen) atoms. The van der Waals surface area contributed by atoms with Crippen LogP contribution < -0.4 is 15.0 Å². The molecule has 0 bridgehead atoms. The van der Waals surface area contributed by atoms with E-state index in [0.717, 1.165) is 57.3 Å². The number of para-hydroxylation sites is 1. The fourth-order valence-electron chi connectivity index (χ4n) is 4.29. The smallest absolute Gasteiger partial charge is 0.238 e. The van der Waals surface area contributed by atoms with Crippen LogP contribution in [0.5, 0.6) is 5.75 Å². The van der Waals surface area contributed by atoms with E-state index >= 15 is 0 Å². The molecule has 2 aromatic carbocycles. The van der Waals surface area contributed by atoms with E-state index in [1.807, 2.05) is 42.5 Å². The van der Waals surface area contributed by atoms with Gasteiger partial charge >= 0.3 is 0 Å². The molecule has 6 nitrogen and oxygen atoms in total. The SMILES string of the molecule is O=C(CN1CCN(CCOc2ccccc2)CC1)Nc1ccc(N2CCCCC2)cc1. The second-order valence-corrected chi connectivity index (χ2v) is 8.42. The minimum atomic E-state index is 0.0617. The number of ether oxygens (including phenoxy) is 1. The lowest BCUT2D eigenvalue weighted by Gasteiger charge is -2.34. The predicted octanol–water partition coefficient (Wildman–Crippen LogP) is 3.31. The van der Waals surface area contributed by atoms with Crippen LogP contribution in [0.15, 0.2) is 54.6 Å². The van der Waals surface area contributed by atoms with Crippen molar-refractivity contribution < 1.29 is 9.53 Å². The van der Waals surface area contributed by atoms with Crippen molar-refractivity contribution in [3.8, 4) is 5.75 Å². The predicted molar refractivity (Wildman–Crippen MR) is 126 cm³/mol. The number of amides is 1. The standard InChI is InChI=1S/C25H34N4O2/c30-25(26-22-9-11-23(12-10-22)29-13-5-2-6-14-29)21-28-17-15-27(16-18-28)19-20-31-24-7-3-1-4-8-24/h1,3-4,7-12H,2,5-6,13-21H2,(H,26,30). The molecule has 2 saturated heterocycles. The van der Waals surface area contributed by atoms with E-state index in [1.54, 1.807) is 0 Å². The number of piperidine rings is 1. The first-order valence-corrected chi connectivity index (χ1v) is 11.5. The molecule has 0 aromatic heterocycles. The number of nitrogens with zero attached hydrogens (tertiary/aromatic N) is 3. The minimum Gasteiger partial charge on any atom is -0.492 e. The Morgan fingerprint density at radius 1 is 0.806 bits per heavy atom. The molecule has 1 amide bonds. The normalized spacial score (nSPS) is 18.0. The Bertz CT molecular complexity index is 798. The van der Waals surface area contributed by atoms with Gasteiger partial charge in [-0.25, -0.2) is 0 Å². The number of hydrogen-bond acceptors (Lipinski definition) is 5. The van der Waals surface area contributed by atoms with Crippen LogP contribution in [0.3, 0.4) is 0 Å². The van der Waals surface area contributed by atoms with E-state index in [2.05, 4.69) is 32.1 Å². The Morgan fingerprint density at radius 2 is 1.48 bits per heavy atom. The zero-order valence-electron chi connectivity index (χ0n) is 18.3. The van der Waals surface area contributed by atoms with Gasteiger partial charge in [-0.2, -0.15) is 0 Å². The Balaban J connectivity index is 1.14. The maximum absolute atomic E-state index is 12.5. The lowest BCUT2D eigenvalue weighted by Crippen LogP contribution is -2.49. The van der Waals surface area contributed by atoms with E-state index < -0.39 is 0 Å². The molecule has 0 atom stereocenters. The summed E-state index contributed by atoms with van der Waals surface area (Å²) in [4.78, 5) is 19.5. The monoisotopic (exact) mass is 422 g/mol. The lowest BCUT2D eigenvalue weighted by atomic mass is 10.1. The van der Waals surface area contributed by atoms with Gasteiger partial charge in [0, 0.05) is 57.2 Å². The minimum absolute atomic E-state index is 0.0617. The van der Waals surface area contributed by atoms with Gasteiger partial charge in [0.2, 0.25) is 5.91 Å². The maximum atomic E-state index is 12.5. The molecule has 2 aliphatic heterocycles. The maximum Gasteiger partial charge on any atom is 0.238 e. The molecule has 2 heterocycles. The quantitative estimate of drug-likeness (QED) is 0.707. The van der Waals surface area contributed by atoms with Crippen molar-refractivity contribution in [2.24, 2.45) is 0 Å². The van der Waals surface area contributed by atoms with Crippen LogP contribution in [0.1, 0.15) is 19.3 Å². The number of carbonyl (C=O) groups is 1. The molecule has 2 aromatic rings. The first kappa shape index (κ1) is 21.7. The number of rotatable bonds is 8. The first-order chi connectivity index (χ1) is 15.3. The summed E-state index contributed by atoms with van der Waals surface area (Å²) >= 11 is 0.